The van der Waals surface area contributed by atoms with Crippen molar-refractivity contribution < 1.29 is 14.3 Å². The molecule has 286 valence electrons. The second-order valence-corrected chi connectivity index (χ2v) is 15.3. The summed E-state index contributed by atoms with van der Waals surface area (Å²) in [6, 6.07) is 24.0. The average molecular weight is 741 g/mol. The van der Waals surface area contributed by atoms with E-state index in [-0.39, 0.29) is 17.9 Å². The number of fused-ring (bicyclic) bond motifs is 3. The number of hydrogen-bond donors (Lipinski definition) is 4. The molecule has 0 spiro atoms. The Labute approximate surface area is 323 Å². The van der Waals surface area contributed by atoms with Gasteiger partial charge >= 0.3 is 0 Å². The number of piperazine rings is 1. The van der Waals surface area contributed by atoms with E-state index in [1.54, 1.807) is 6.07 Å². The molecule has 11 nitrogen and oxygen atoms in total. The van der Waals surface area contributed by atoms with E-state index in [2.05, 4.69) is 81.5 Å². The quantitative estimate of drug-likeness (QED) is 0.116. The maximum Gasteiger partial charge on any atom is 0.251 e. The summed E-state index contributed by atoms with van der Waals surface area (Å²) < 4.78 is 7.53. The van der Waals surface area contributed by atoms with E-state index in [1.807, 2.05) is 42.1 Å². The number of anilines is 1. The van der Waals surface area contributed by atoms with Gasteiger partial charge < -0.3 is 26.0 Å². The predicted octanol–water partition coefficient (Wildman–Crippen LogP) is 5.99. The molecule has 3 fully saturated rings. The predicted molar refractivity (Wildman–Crippen MR) is 216 cm³/mol. The highest BCUT2D eigenvalue weighted by molar-refractivity contribution is 6.00. The van der Waals surface area contributed by atoms with Crippen LogP contribution in [0.3, 0.4) is 0 Å². The zero-order chi connectivity index (χ0) is 37.9. The van der Waals surface area contributed by atoms with Gasteiger partial charge in [-0.3, -0.25) is 14.5 Å². The van der Waals surface area contributed by atoms with Crippen molar-refractivity contribution in [2.45, 2.75) is 90.8 Å². The Morgan fingerprint density at radius 2 is 1.62 bits per heavy atom. The number of nitrogens with zero attached hydrogens (tertiary/aromatic N) is 4. The van der Waals surface area contributed by atoms with E-state index in [9.17, 15) is 9.59 Å². The van der Waals surface area contributed by atoms with Crippen molar-refractivity contribution in [3.63, 3.8) is 0 Å². The van der Waals surface area contributed by atoms with E-state index < -0.39 is 0 Å². The Kier molecular flexibility index (Phi) is 10.9. The number of carbonyl (C=O) groups excluding carboxylic acids is 2. The third-order valence-electron chi connectivity index (χ3n) is 11.4. The van der Waals surface area contributed by atoms with Gasteiger partial charge in [-0.2, -0.15) is 5.10 Å². The van der Waals surface area contributed by atoms with Crippen LogP contribution in [0, 0.1) is 6.92 Å². The van der Waals surface area contributed by atoms with E-state index >= 15 is 0 Å². The van der Waals surface area contributed by atoms with Gasteiger partial charge in [0.05, 0.1) is 17.3 Å². The lowest BCUT2D eigenvalue weighted by Crippen LogP contribution is -2.42. The van der Waals surface area contributed by atoms with Crippen LogP contribution >= 0.6 is 0 Å². The number of hydrogen-bond acceptors (Lipinski definition) is 8. The van der Waals surface area contributed by atoms with Crippen molar-refractivity contribution >= 4 is 28.5 Å². The smallest absolute Gasteiger partial charge is 0.251 e. The molecule has 3 aromatic carbocycles. The number of carbonyl (C=O) groups is 2. The Bertz CT molecular complexity index is 2190. The molecular weight excluding hydrogens is 689 g/mol. The van der Waals surface area contributed by atoms with Crippen molar-refractivity contribution in [3.8, 4) is 11.1 Å². The van der Waals surface area contributed by atoms with Gasteiger partial charge in [-0.25, -0.2) is 9.67 Å². The molecule has 2 aromatic heterocycles. The third kappa shape index (κ3) is 8.15. The highest BCUT2D eigenvalue weighted by Gasteiger charge is 2.37. The molecule has 2 bridgehead atoms. The van der Waals surface area contributed by atoms with Crippen LogP contribution in [0.5, 0.6) is 0 Å². The molecule has 8 rings (SSSR count). The second kappa shape index (κ2) is 16.3. The van der Waals surface area contributed by atoms with E-state index in [0.29, 0.717) is 49.3 Å². The van der Waals surface area contributed by atoms with Crippen molar-refractivity contribution in [1.82, 2.24) is 35.6 Å². The summed E-state index contributed by atoms with van der Waals surface area (Å²) >= 11 is 0. The number of benzene rings is 3. The molecule has 0 radical (unpaired) electrons. The number of rotatable bonds is 13. The molecule has 11 heteroatoms. The average Bonchev–Trinajstić information content (AvgIpc) is 3.96. The maximum absolute atomic E-state index is 13.7. The summed E-state index contributed by atoms with van der Waals surface area (Å²) in [5.41, 5.74) is 10.1. The lowest BCUT2D eigenvalue weighted by molar-refractivity contribution is 0.0904. The van der Waals surface area contributed by atoms with Crippen LogP contribution < -0.4 is 21.3 Å². The van der Waals surface area contributed by atoms with Crippen LogP contribution in [-0.2, 0) is 37.3 Å². The SMILES string of the molecule is CCc1nc2c(cnn2CC)c(NC2CCOCC2)c1CNC(=O)c1cc(C)cc(C(=O)NCc2cccc(-c3cccc(CN4C[C@@H]5C[C@H]4CN5)c3)c2)c1. The van der Waals surface area contributed by atoms with Crippen LogP contribution in [0.4, 0.5) is 5.69 Å². The lowest BCUT2D eigenvalue weighted by atomic mass is 10.0. The van der Waals surface area contributed by atoms with E-state index in [1.165, 1.54) is 17.5 Å². The molecule has 0 saturated carbocycles. The van der Waals surface area contributed by atoms with Gasteiger partial charge in [0.2, 0.25) is 0 Å². The van der Waals surface area contributed by atoms with Crippen LogP contribution in [0.2, 0.25) is 0 Å². The molecule has 0 unspecified atom stereocenters. The van der Waals surface area contributed by atoms with Gasteiger partial charge in [0.1, 0.15) is 0 Å². The van der Waals surface area contributed by atoms with Crippen LogP contribution in [0.25, 0.3) is 22.2 Å². The van der Waals surface area contributed by atoms with Crippen LogP contribution in [-0.4, -0.2) is 75.9 Å². The summed E-state index contributed by atoms with van der Waals surface area (Å²) in [6.45, 7) is 12.0. The molecule has 4 N–H and O–H groups in total. The number of amides is 2. The van der Waals surface area contributed by atoms with E-state index in [0.717, 1.165) is 90.4 Å². The van der Waals surface area contributed by atoms with Gasteiger partial charge in [-0.1, -0.05) is 43.3 Å². The third-order valence-corrected chi connectivity index (χ3v) is 11.4. The standard InChI is InChI=1S/C44H52N8O3/c1-4-40-38(41(49-35-12-14-55-15-13-35)39-25-48-52(5-2)42(39)50-40)24-47-44(54)34-17-28(3)16-33(20-34)43(53)46-22-29-8-6-10-31(18-29)32-11-7-9-30(19-32)26-51-27-36-21-37(51)23-45-36/h6-11,16-20,25,35-37,45H,4-5,12-15,21-24,26-27H2,1-3H3,(H,46,53)(H,47,54)(H,49,50)/t36-,37-/m0/s1. The summed E-state index contributed by atoms with van der Waals surface area (Å²) in [5.74, 6) is -0.469. The topological polar surface area (TPSA) is 125 Å². The second-order valence-electron chi connectivity index (χ2n) is 15.3. The molecule has 55 heavy (non-hydrogen) atoms. The Balaban J connectivity index is 0.939. The Hall–Kier alpha value is -5.10. The molecule has 3 aliphatic heterocycles. The number of pyridine rings is 1. The number of nitrogens with one attached hydrogen (secondary N) is 4. The molecule has 3 saturated heterocycles. The summed E-state index contributed by atoms with van der Waals surface area (Å²) in [6.07, 6.45) is 5.64. The zero-order valence-electron chi connectivity index (χ0n) is 32.2. The zero-order valence-corrected chi connectivity index (χ0v) is 32.2. The minimum absolute atomic E-state index is 0.224. The highest BCUT2D eigenvalue weighted by Crippen LogP contribution is 2.32. The lowest BCUT2D eigenvalue weighted by Gasteiger charge is -2.27. The van der Waals surface area contributed by atoms with E-state index in [4.69, 9.17) is 9.72 Å². The monoisotopic (exact) mass is 740 g/mol. The summed E-state index contributed by atoms with van der Waals surface area (Å²) in [4.78, 5) is 34.9. The van der Waals surface area contributed by atoms with Gasteiger partial charge in [0.15, 0.2) is 5.65 Å². The Morgan fingerprint density at radius 1 is 0.909 bits per heavy atom. The fourth-order valence-corrected chi connectivity index (χ4v) is 8.49. The maximum atomic E-state index is 13.7. The molecule has 2 amide bonds. The molecule has 5 heterocycles. The van der Waals surface area contributed by atoms with Crippen LogP contribution in [0.1, 0.15) is 81.8 Å². The largest absolute Gasteiger partial charge is 0.381 e. The van der Waals surface area contributed by atoms with Crippen molar-refractivity contribution in [3.05, 3.63) is 112 Å². The van der Waals surface area contributed by atoms with Gasteiger partial charge in [-0.15, -0.1) is 0 Å². The van der Waals surface area contributed by atoms with Gasteiger partial charge in [-0.05, 0) is 97.7 Å². The summed E-state index contributed by atoms with van der Waals surface area (Å²) in [7, 11) is 0. The van der Waals surface area contributed by atoms with Crippen molar-refractivity contribution in [2.24, 2.45) is 0 Å². The Morgan fingerprint density at radius 3 is 2.29 bits per heavy atom. The minimum Gasteiger partial charge on any atom is -0.381 e. The van der Waals surface area contributed by atoms with Crippen LogP contribution in [0.15, 0.2) is 72.9 Å². The number of ether oxygens (including phenoxy) is 1. The fraction of sp³-hybridized carbons (Fsp3) is 0.409. The normalized spacial score (nSPS) is 18.5. The van der Waals surface area contributed by atoms with Gasteiger partial charge in [0, 0.05) is 93.0 Å². The first-order valence-electron chi connectivity index (χ1n) is 19.9. The molecule has 3 aliphatic rings. The van der Waals surface area contributed by atoms with Gasteiger partial charge in [0.25, 0.3) is 11.8 Å². The highest BCUT2D eigenvalue weighted by atomic mass is 16.5. The van der Waals surface area contributed by atoms with Crippen molar-refractivity contribution in [1.29, 1.82) is 0 Å². The number of aryl methyl sites for hydroxylation is 3. The summed E-state index contributed by atoms with van der Waals surface area (Å²) in [5, 5.41) is 19.2. The fourth-order valence-electron chi connectivity index (χ4n) is 8.49. The first kappa shape index (κ1) is 36.9. The molecule has 5 aromatic rings. The number of aromatic nitrogens is 3. The molecule has 0 aliphatic carbocycles. The first-order valence-corrected chi connectivity index (χ1v) is 19.9. The number of likely N-dealkylation sites (tertiary alicyclic amines) is 1. The molecule has 2 atom stereocenters. The first-order chi connectivity index (χ1) is 26.8. The van der Waals surface area contributed by atoms with Crippen molar-refractivity contribution in [2.75, 3.05) is 31.6 Å². The minimum atomic E-state index is -0.245. The molecular formula is C44H52N8O3.